The van der Waals surface area contributed by atoms with Crippen molar-refractivity contribution in [1.82, 2.24) is 0 Å². The summed E-state index contributed by atoms with van der Waals surface area (Å²) >= 11 is 0. The molecule has 0 aromatic rings. The minimum absolute atomic E-state index is 0.321. The first-order valence-corrected chi connectivity index (χ1v) is 3.75. The summed E-state index contributed by atoms with van der Waals surface area (Å²) in [6.45, 7) is 6.96. The van der Waals surface area contributed by atoms with E-state index in [1.807, 2.05) is 12.2 Å². The highest BCUT2D eigenvalue weighted by Gasteiger charge is 2.05. The molecular formula is C9H15NO. The molecular weight excluding hydrogens is 138 g/mol. The lowest BCUT2D eigenvalue weighted by atomic mass is 9.92. The summed E-state index contributed by atoms with van der Waals surface area (Å²) in [5, 5.41) is 0. The highest BCUT2D eigenvalue weighted by molar-refractivity contribution is 5.33. The molecule has 0 aliphatic rings. The van der Waals surface area contributed by atoms with Crippen LogP contribution in [-0.4, -0.2) is 12.6 Å². The van der Waals surface area contributed by atoms with Crippen molar-refractivity contribution in [1.29, 1.82) is 0 Å². The number of isocyanates is 1. The molecule has 11 heavy (non-hydrogen) atoms. The van der Waals surface area contributed by atoms with Gasteiger partial charge in [0.2, 0.25) is 6.08 Å². The third-order valence-electron chi connectivity index (χ3n) is 1.16. The number of rotatable bonds is 3. The number of hydrogen-bond acceptors (Lipinski definition) is 2. The van der Waals surface area contributed by atoms with Gasteiger partial charge in [0.1, 0.15) is 0 Å². The van der Waals surface area contributed by atoms with Gasteiger partial charge < -0.3 is 0 Å². The minimum Gasteiger partial charge on any atom is -0.211 e. The van der Waals surface area contributed by atoms with E-state index in [0.717, 1.165) is 6.42 Å². The first kappa shape index (κ1) is 10.1. The number of hydrogen-bond donors (Lipinski definition) is 0. The Morgan fingerprint density at radius 1 is 1.36 bits per heavy atom. The fraction of sp³-hybridized carbons (Fsp3) is 0.667. The summed E-state index contributed by atoms with van der Waals surface area (Å²) < 4.78 is 0. The second-order valence-electron chi connectivity index (χ2n) is 3.67. The summed E-state index contributed by atoms with van der Waals surface area (Å²) in [5.74, 6) is 0. The van der Waals surface area contributed by atoms with Crippen molar-refractivity contribution in [3.8, 4) is 0 Å². The van der Waals surface area contributed by atoms with Crippen LogP contribution in [0, 0.1) is 5.41 Å². The largest absolute Gasteiger partial charge is 0.235 e. The fourth-order valence-corrected chi connectivity index (χ4v) is 0.601. The normalized spacial score (nSPS) is 11.5. The van der Waals surface area contributed by atoms with E-state index in [1.54, 1.807) is 0 Å². The molecule has 0 heterocycles. The molecule has 0 atom stereocenters. The zero-order valence-electron chi connectivity index (χ0n) is 7.42. The predicted molar refractivity (Wildman–Crippen MR) is 46.2 cm³/mol. The lowest BCUT2D eigenvalue weighted by molar-refractivity contribution is 0.420. The first-order chi connectivity index (χ1) is 5.06. The molecule has 0 saturated carbocycles. The van der Waals surface area contributed by atoms with E-state index in [4.69, 9.17) is 0 Å². The van der Waals surface area contributed by atoms with Gasteiger partial charge in [-0.25, -0.2) is 9.79 Å². The number of nitrogens with zero attached hydrogens (tertiary/aromatic N) is 1. The molecule has 0 aliphatic carbocycles. The first-order valence-electron chi connectivity index (χ1n) is 3.75. The third-order valence-corrected chi connectivity index (χ3v) is 1.16. The molecule has 0 fully saturated rings. The summed E-state index contributed by atoms with van der Waals surface area (Å²) in [6, 6.07) is 0. The van der Waals surface area contributed by atoms with Crippen LogP contribution in [0.3, 0.4) is 0 Å². The average Bonchev–Trinajstić information content (AvgIpc) is 1.85. The van der Waals surface area contributed by atoms with Gasteiger partial charge in [-0.05, 0) is 11.8 Å². The van der Waals surface area contributed by atoms with Crippen LogP contribution in [0.2, 0.25) is 0 Å². The SMILES string of the molecule is CC(C)(C)C/C=C\CN=C=O. The van der Waals surface area contributed by atoms with Crippen LogP contribution in [0.1, 0.15) is 27.2 Å². The molecule has 0 spiro atoms. The van der Waals surface area contributed by atoms with E-state index < -0.39 is 0 Å². The quantitative estimate of drug-likeness (QED) is 0.347. The maximum absolute atomic E-state index is 9.64. The van der Waals surface area contributed by atoms with Crippen molar-refractivity contribution in [3.63, 3.8) is 0 Å². The Bertz CT molecular complexity index is 170. The van der Waals surface area contributed by atoms with Crippen molar-refractivity contribution in [2.75, 3.05) is 6.54 Å². The van der Waals surface area contributed by atoms with Crippen molar-refractivity contribution in [2.24, 2.45) is 10.4 Å². The fourth-order valence-electron chi connectivity index (χ4n) is 0.601. The second-order valence-corrected chi connectivity index (χ2v) is 3.67. The van der Waals surface area contributed by atoms with E-state index in [0.29, 0.717) is 12.0 Å². The van der Waals surface area contributed by atoms with Gasteiger partial charge in [0.15, 0.2) is 0 Å². The van der Waals surface area contributed by atoms with Crippen molar-refractivity contribution < 1.29 is 4.79 Å². The Kier molecular flexibility index (Phi) is 4.47. The topological polar surface area (TPSA) is 29.4 Å². The Labute approximate surface area is 68.0 Å². The molecule has 0 amide bonds. The molecule has 62 valence electrons. The van der Waals surface area contributed by atoms with Crippen molar-refractivity contribution in [2.45, 2.75) is 27.2 Å². The van der Waals surface area contributed by atoms with E-state index in [2.05, 4.69) is 25.8 Å². The zero-order chi connectivity index (χ0) is 8.74. The van der Waals surface area contributed by atoms with Gasteiger partial charge in [0.05, 0.1) is 6.54 Å². The lowest BCUT2D eigenvalue weighted by Gasteiger charge is -2.14. The standard InChI is InChI=1S/C9H15NO/c1-9(2,3)6-4-5-7-10-8-11/h4-5H,6-7H2,1-3H3/b5-4-. The van der Waals surface area contributed by atoms with Gasteiger partial charge in [-0.2, -0.15) is 0 Å². The molecule has 0 N–H and O–H groups in total. The molecule has 0 aromatic heterocycles. The maximum atomic E-state index is 9.64. The highest BCUT2D eigenvalue weighted by atomic mass is 16.1. The van der Waals surface area contributed by atoms with Gasteiger partial charge >= 0.3 is 0 Å². The van der Waals surface area contributed by atoms with Crippen LogP contribution in [0.25, 0.3) is 0 Å². The summed E-state index contributed by atoms with van der Waals surface area (Å²) in [4.78, 5) is 13.0. The summed E-state index contributed by atoms with van der Waals surface area (Å²) in [6.07, 6.45) is 6.43. The molecule has 0 rings (SSSR count). The highest BCUT2D eigenvalue weighted by Crippen LogP contribution is 2.18. The zero-order valence-corrected chi connectivity index (χ0v) is 7.42. The second kappa shape index (κ2) is 4.86. The van der Waals surface area contributed by atoms with Crippen LogP contribution in [0.15, 0.2) is 17.1 Å². The molecule has 0 saturated heterocycles. The minimum atomic E-state index is 0.321. The number of aliphatic imine (C=N–C) groups is 1. The van der Waals surface area contributed by atoms with Crippen LogP contribution in [-0.2, 0) is 4.79 Å². The monoisotopic (exact) mass is 153 g/mol. The average molecular weight is 153 g/mol. The van der Waals surface area contributed by atoms with Crippen molar-refractivity contribution in [3.05, 3.63) is 12.2 Å². The summed E-state index contributed by atoms with van der Waals surface area (Å²) in [5.41, 5.74) is 0.321. The molecule has 0 aromatic carbocycles. The molecule has 0 aliphatic heterocycles. The molecule has 2 heteroatoms. The van der Waals surface area contributed by atoms with Gasteiger partial charge in [-0.15, -0.1) is 0 Å². The lowest BCUT2D eigenvalue weighted by Crippen LogP contribution is -2.01. The predicted octanol–water partition coefficient (Wildman–Crippen LogP) is 2.31. The maximum Gasteiger partial charge on any atom is 0.235 e. The van der Waals surface area contributed by atoms with Gasteiger partial charge in [-0.3, -0.25) is 0 Å². The number of carbonyl (C=O) groups excluding carboxylic acids is 1. The van der Waals surface area contributed by atoms with Gasteiger partial charge in [-0.1, -0.05) is 32.9 Å². The Hall–Kier alpha value is -0.880. The molecule has 0 radical (unpaired) electrons. The summed E-state index contributed by atoms with van der Waals surface area (Å²) in [7, 11) is 0. The Balaban J connectivity index is 3.53. The van der Waals surface area contributed by atoms with Crippen LogP contribution >= 0.6 is 0 Å². The molecule has 0 unspecified atom stereocenters. The van der Waals surface area contributed by atoms with Crippen molar-refractivity contribution >= 4 is 6.08 Å². The van der Waals surface area contributed by atoms with Gasteiger partial charge in [0.25, 0.3) is 0 Å². The number of allylic oxidation sites excluding steroid dienone is 1. The van der Waals surface area contributed by atoms with E-state index in [-0.39, 0.29) is 0 Å². The Morgan fingerprint density at radius 2 is 2.00 bits per heavy atom. The van der Waals surface area contributed by atoms with E-state index in [9.17, 15) is 4.79 Å². The van der Waals surface area contributed by atoms with Gasteiger partial charge in [0, 0.05) is 0 Å². The van der Waals surface area contributed by atoms with Crippen LogP contribution in [0.5, 0.6) is 0 Å². The Morgan fingerprint density at radius 3 is 2.45 bits per heavy atom. The van der Waals surface area contributed by atoms with Crippen LogP contribution < -0.4 is 0 Å². The van der Waals surface area contributed by atoms with Crippen LogP contribution in [0.4, 0.5) is 0 Å². The third kappa shape index (κ3) is 9.12. The van der Waals surface area contributed by atoms with E-state index >= 15 is 0 Å². The molecule has 0 bridgehead atoms. The molecule has 2 nitrogen and oxygen atoms in total. The van der Waals surface area contributed by atoms with E-state index in [1.165, 1.54) is 6.08 Å². The smallest absolute Gasteiger partial charge is 0.211 e.